The minimum Gasteiger partial charge on any atom is -0.366 e. The van der Waals surface area contributed by atoms with Gasteiger partial charge in [0.2, 0.25) is 0 Å². The van der Waals surface area contributed by atoms with Crippen LogP contribution in [0.15, 0.2) is 48.9 Å². The van der Waals surface area contributed by atoms with E-state index in [9.17, 15) is 5.26 Å². The van der Waals surface area contributed by atoms with Gasteiger partial charge in [0.25, 0.3) is 0 Å². The lowest BCUT2D eigenvalue weighted by Gasteiger charge is -2.14. The minimum absolute atomic E-state index is 0.374. The number of aromatic amines is 1. The van der Waals surface area contributed by atoms with E-state index >= 15 is 0 Å². The monoisotopic (exact) mass is 354 g/mol. The molecule has 0 aliphatic carbocycles. The first-order chi connectivity index (χ1) is 13.3. The molecule has 1 saturated heterocycles. The molecule has 1 aromatic carbocycles. The van der Waals surface area contributed by atoms with E-state index in [2.05, 4.69) is 37.7 Å². The van der Waals surface area contributed by atoms with Gasteiger partial charge in [-0.15, -0.1) is 0 Å². The number of aromatic nitrogens is 3. The number of para-hydroxylation sites is 1. The van der Waals surface area contributed by atoms with Gasteiger partial charge in [-0.1, -0.05) is 18.2 Å². The van der Waals surface area contributed by atoms with Crippen LogP contribution in [0.5, 0.6) is 0 Å². The van der Waals surface area contributed by atoms with Crippen molar-refractivity contribution in [2.24, 2.45) is 0 Å². The number of benzene rings is 1. The van der Waals surface area contributed by atoms with Crippen LogP contribution < -0.4 is 10.6 Å². The van der Waals surface area contributed by atoms with Crippen LogP contribution in [0.1, 0.15) is 12.0 Å². The Labute approximate surface area is 156 Å². The quantitative estimate of drug-likeness (QED) is 0.524. The molecular weight excluding hydrogens is 336 g/mol. The molecule has 1 aliphatic rings. The predicted molar refractivity (Wildman–Crippen MR) is 106 cm³/mol. The maximum Gasteiger partial charge on any atom is 0.126 e. The van der Waals surface area contributed by atoms with Crippen LogP contribution in [0.25, 0.3) is 32.9 Å². The lowest BCUT2D eigenvalue weighted by Crippen LogP contribution is -2.22. The normalized spacial score (nSPS) is 16.6. The van der Waals surface area contributed by atoms with E-state index in [0.29, 0.717) is 11.6 Å². The van der Waals surface area contributed by atoms with Crippen molar-refractivity contribution in [1.29, 1.82) is 5.26 Å². The summed E-state index contributed by atoms with van der Waals surface area (Å²) in [4.78, 5) is 12.3. The van der Waals surface area contributed by atoms with Gasteiger partial charge in [-0.25, -0.2) is 4.98 Å². The fraction of sp³-hybridized carbons (Fsp3) is 0.190. The Morgan fingerprint density at radius 3 is 2.93 bits per heavy atom. The molecule has 0 saturated carbocycles. The first kappa shape index (κ1) is 15.8. The molecule has 132 valence electrons. The van der Waals surface area contributed by atoms with Gasteiger partial charge in [0.1, 0.15) is 11.9 Å². The first-order valence-electron chi connectivity index (χ1n) is 9.06. The van der Waals surface area contributed by atoms with Gasteiger partial charge in [0, 0.05) is 52.4 Å². The van der Waals surface area contributed by atoms with E-state index in [0.717, 1.165) is 58.3 Å². The highest BCUT2D eigenvalue weighted by Gasteiger charge is 2.18. The molecule has 0 unspecified atom stereocenters. The van der Waals surface area contributed by atoms with Gasteiger partial charge in [-0.2, -0.15) is 5.26 Å². The minimum atomic E-state index is 0.374. The number of hydrogen-bond acceptors (Lipinski definition) is 5. The highest BCUT2D eigenvalue weighted by molar-refractivity contribution is 6.06. The summed E-state index contributed by atoms with van der Waals surface area (Å²) in [6.07, 6.45) is 6.45. The Bertz CT molecular complexity index is 1180. The van der Waals surface area contributed by atoms with E-state index in [1.807, 2.05) is 30.5 Å². The SMILES string of the molecule is N#Cc1cnc2cnc(N[C@@H]3CCNC3)cc2c1-c1c[nH]c2ccccc12. The lowest BCUT2D eigenvalue weighted by atomic mass is 9.97. The number of fused-ring (bicyclic) bond motifs is 2. The van der Waals surface area contributed by atoms with E-state index in [-0.39, 0.29) is 0 Å². The third-order valence-corrected chi connectivity index (χ3v) is 5.15. The van der Waals surface area contributed by atoms with Gasteiger partial charge in [0.15, 0.2) is 0 Å². The third-order valence-electron chi connectivity index (χ3n) is 5.15. The average Bonchev–Trinajstić information content (AvgIpc) is 3.37. The third kappa shape index (κ3) is 2.69. The van der Waals surface area contributed by atoms with Crippen molar-refractivity contribution in [3.8, 4) is 17.2 Å². The molecule has 6 heteroatoms. The molecule has 5 rings (SSSR count). The van der Waals surface area contributed by atoms with Gasteiger partial charge >= 0.3 is 0 Å². The number of anilines is 1. The second-order valence-electron chi connectivity index (χ2n) is 6.83. The van der Waals surface area contributed by atoms with Crippen LogP contribution in [-0.2, 0) is 0 Å². The lowest BCUT2D eigenvalue weighted by molar-refractivity contribution is 0.788. The van der Waals surface area contributed by atoms with E-state index < -0.39 is 0 Å². The Balaban J connectivity index is 1.72. The molecule has 0 bridgehead atoms. The van der Waals surface area contributed by atoms with E-state index in [1.54, 1.807) is 12.4 Å². The number of H-pyrrole nitrogens is 1. The maximum absolute atomic E-state index is 9.71. The van der Waals surface area contributed by atoms with Gasteiger partial charge in [-0.3, -0.25) is 4.98 Å². The van der Waals surface area contributed by atoms with Crippen LogP contribution in [-0.4, -0.2) is 34.1 Å². The number of nitriles is 1. The van der Waals surface area contributed by atoms with Crippen molar-refractivity contribution in [1.82, 2.24) is 20.3 Å². The van der Waals surface area contributed by atoms with Crippen LogP contribution >= 0.6 is 0 Å². The zero-order valence-corrected chi connectivity index (χ0v) is 14.7. The summed E-state index contributed by atoms with van der Waals surface area (Å²) in [5.41, 5.74) is 4.30. The second-order valence-corrected chi connectivity index (χ2v) is 6.83. The van der Waals surface area contributed by atoms with Gasteiger partial charge in [-0.05, 0) is 25.1 Å². The van der Waals surface area contributed by atoms with Crippen molar-refractivity contribution in [3.05, 3.63) is 54.5 Å². The largest absolute Gasteiger partial charge is 0.366 e. The molecule has 1 atom stereocenters. The summed E-state index contributed by atoms with van der Waals surface area (Å²) < 4.78 is 0. The van der Waals surface area contributed by atoms with Crippen molar-refractivity contribution in [2.45, 2.75) is 12.5 Å². The molecule has 27 heavy (non-hydrogen) atoms. The molecule has 4 heterocycles. The van der Waals surface area contributed by atoms with Gasteiger partial charge in [0.05, 0.1) is 17.3 Å². The summed E-state index contributed by atoms with van der Waals surface area (Å²) in [6.45, 7) is 1.96. The first-order valence-corrected chi connectivity index (χ1v) is 9.06. The van der Waals surface area contributed by atoms with Crippen molar-refractivity contribution >= 4 is 27.6 Å². The summed E-state index contributed by atoms with van der Waals surface area (Å²) in [5.74, 6) is 0.814. The zero-order valence-electron chi connectivity index (χ0n) is 14.7. The summed E-state index contributed by atoms with van der Waals surface area (Å²) in [7, 11) is 0. The maximum atomic E-state index is 9.71. The zero-order chi connectivity index (χ0) is 18.2. The molecule has 3 N–H and O–H groups in total. The number of rotatable bonds is 3. The molecule has 0 radical (unpaired) electrons. The number of pyridine rings is 2. The predicted octanol–water partition coefficient (Wildman–Crippen LogP) is 3.42. The fourth-order valence-electron chi connectivity index (χ4n) is 3.81. The smallest absolute Gasteiger partial charge is 0.126 e. The fourth-order valence-corrected chi connectivity index (χ4v) is 3.81. The van der Waals surface area contributed by atoms with Crippen LogP contribution in [0.3, 0.4) is 0 Å². The van der Waals surface area contributed by atoms with Crippen molar-refractivity contribution in [3.63, 3.8) is 0 Å². The average molecular weight is 354 g/mol. The van der Waals surface area contributed by atoms with E-state index in [1.165, 1.54) is 0 Å². The number of hydrogen-bond donors (Lipinski definition) is 3. The number of nitrogens with one attached hydrogen (secondary N) is 3. The van der Waals surface area contributed by atoms with Crippen LogP contribution in [0.2, 0.25) is 0 Å². The summed E-state index contributed by atoms with van der Waals surface area (Å²) >= 11 is 0. The highest BCUT2D eigenvalue weighted by atomic mass is 15.1. The highest BCUT2D eigenvalue weighted by Crippen LogP contribution is 2.36. The van der Waals surface area contributed by atoms with Crippen LogP contribution in [0, 0.1) is 11.3 Å². The molecular formula is C21H18N6. The Hall–Kier alpha value is -3.43. The molecule has 3 aromatic heterocycles. The van der Waals surface area contributed by atoms with Crippen molar-refractivity contribution < 1.29 is 0 Å². The van der Waals surface area contributed by atoms with E-state index in [4.69, 9.17) is 0 Å². The molecule has 0 amide bonds. The second kappa shape index (κ2) is 6.38. The Morgan fingerprint density at radius 1 is 1.15 bits per heavy atom. The Morgan fingerprint density at radius 2 is 2.07 bits per heavy atom. The molecule has 0 spiro atoms. The standard InChI is InChI=1S/C21H18N6/c22-8-13-9-24-19-12-26-20(27-14-5-6-23-10-14)7-16(19)21(13)17-11-25-18-4-2-1-3-15(17)18/h1-4,7,9,11-12,14,23,25H,5-6,10H2,(H,26,27)/t14-/m1/s1. The topological polar surface area (TPSA) is 89.4 Å². The number of nitrogens with zero attached hydrogens (tertiary/aromatic N) is 3. The van der Waals surface area contributed by atoms with Crippen molar-refractivity contribution in [2.75, 3.05) is 18.4 Å². The molecule has 6 nitrogen and oxygen atoms in total. The summed E-state index contributed by atoms with van der Waals surface area (Å²) in [5, 5.41) is 18.6. The molecule has 4 aromatic rings. The molecule has 1 fully saturated rings. The molecule has 1 aliphatic heterocycles. The van der Waals surface area contributed by atoms with Crippen LogP contribution in [0.4, 0.5) is 5.82 Å². The Kier molecular flexibility index (Phi) is 3.73. The van der Waals surface area contributed by atoms with Gasteiger partial charge < -0.3 is 15.6 Å². The summed E-state index contributed by atoms with van der Waals surface area (Å²) in [6, 6.07) is 12.8.